The fraction of sp³-hybridized carbons (Fsp3) is 0.176. The molecule has 1 aromatic carbocycles. The molecule has 1 aliphatic heterocycles. The number of aromatic carboxylic acids is 1. The molecular weight excluding hydrogens is 322 g/mol. The summed E-state index contributed by atoms with van der Waals surface area (Å²) in [7, 11) is 0. The topological polar surface area (TPSA) is 115 Å². The van der Waals surface area contributed by atoms with Gasteiger partial charge in [-0.05, 0) is 18.2 Å². The molecule has 3 heterocycles. The van der Waals surface area contributed by atoms with Crippen molar-refractivity contribution in [2.75, 3.05) is 6.54 Å². The Hall–Kier alpha value is -3.42. The molecule has 2 aromatic heterocycles. The minimum absolute atomic E-state index is 0.0925. The maximum atomic E-state index is 12.4. The molecule has 0 aliphatic carbocycles. The zero-order valence-corrected chi connectivity index (χ0v) is 13.2. The Morgan fingerprint density at radius 2 is 1.96 bits per heavy atom. The molecule has 0 bridgehead atoms. The standard InChI is InChI=1S/C17H15N5O3/c23-16(13-5-7-18-21-13)22-8-6-12-14(9-22)20-15(19-12)10-1-3-11(4-2-10)17(24)25/h1-5,7H,6,8-9H2,(H,18,21)(H,19,20)(H,24,25). The highest BCUT2D eigenvalue weighted by molar-refractivity contribution is 5.92. The Balaban J connectivity index is 1.56. The zero-order valence-electron chi connectivity index (χ0n) is 13.2. The lowest BCUT2D eigenvalue weighted by molar-refractivity contribution is 0.0694. The van der Waals surface area contributed by atoms with E-state index in [4.69, 9.17) is 5.11 Å². The van der Waals surface area contributed by atoms with E-state index in [9.17, 15) is 9.59 Å². The van der Waals surface area contributed by atoms with E-state index >= 15 is 0 Å². The van der Waals surface area contributed by atoms with Gasteiger partial charge in [-0.2, -0.15) is 5.10 Å². The lowest BCUT2D eigenvalue weighted by atomic mass is 10.1. The van der Waals surface area contributed by atoms with Gasteiger partial charge in [0, 0.05) is 24.7 Å². The van der Waals surface area contributed by atoms with Crippen molar-refractivity contribution >= 4 is 11.9 Å². The van der Waals surface area contributed by atoms with Crippen molar-refractivity contribution in [1.29, 1.82) is 0 Å². The van der Waals surface area contributed by atoms with Crippen LogP contribution in [-0.2, 0) is 13.0 Å². The first-order valence-corrected chi connectivity index (χ1v) is 7.82. The van der Waals surface area contributed by atoms with Crippen molar-refractivity contribution in [1.82, 2.24) is 25.1 Å². The highest BCUT2D eigenvalue weighted by atomic mass is 16.4. The SMILES string of the molecule is O=C(O)c1ccc(-c2nc3c([nH]2)CN(C(=O)c2ccn[nH]2)CC3)cc1. The van der Waals surface area contributed by atoms with E-state index in [2.05, 4.69) is 20.2 Å². The summed E-state index contributed by atoms with van der Waals surface area (Å²) in [4.78, 5) is 32.9. The summed E-state index contributed by atoms with van der Waals surface area (Å²) in [6.07, 6.45) is 2.22. The van der Waals surface area contributed by atoms with E-state index in [0.717, 1.165) is 17.0 Å². The smallest absolute Gasteiger partial charge is 0.335 e. The first-order chi connectivity index (χ1) is 12.1. The van der Waals surface area contributed by atoms with E-state index < -0.39 is 5.97 Å². The molecule has 0 spiro atoms. The van der Waals surface area contributed by atoms with Gasteiger partial charge in [0.1, 0.15) is 11.5 Å². The maximum Gasteiger partial charge on any atom is 0.335 e. The fourth-order valence-corrected chi connectivity index (χ4v) is 2.92. The van der Waals surface area contributed by atoms with Crippen LogP contribution in [-0.4, -0.2) is 48.6 Å². The number of hydrogen-bond donors (Lipinski definition) is 3. The molecule has 3 aromatic rings. The van der Waals surface area contributed by atoms with Crippen LogP contribution < -0.4 is 0 Å². The maximum absolute atomic E-state index is 12.4. The summed E-state index contributed by atoms with van der Waals surface area (Å²) in [5.74, 6) is -0.374. The normalized spacial score (nSPS) is 13.5. The van der Waals surface area contributed by atoms with Gasteiger partial charge in [0.15, 0.2) is 0 Å². The van der Waals surface area contributed by atoms with Crippen LogP contribution in [0.25, 0.3) is 11.4 Å². The number of carbonyl (C=O) groups excluding carboxylic acids is 1. The minimum atomic E-state index is -0.960. The summed E-state index contributed by atoms with van der Waals surface area (Å²) in [6.45, 7) is 1.04. The molecule has 0 saturated heterocycles. The summed E-state index contributed by atoms with van der Waals surface area (Å²) in [5, 5.41) is 15.5. The van der Waals surface area contributed by atoms with Crippen LogP contribution in [0.3, 0.4) is 0 Å². The molecule has 0 radical (unpaired) electrons. The number of carbonyl (C=O) groups is 2. The van der Waals surface area contributed by atoms with E-state index in [0.29, 0.717) is 31.0 Å². The number of H-pyrrole nitrogens is 2. The molecule has 0 unspecified atom stereocenters. The molecule has 0 atom stereocenters. The number of amides is 1. The number of carboxylic acid groups (broad SMARTS) is 1. The third-order valence-corrected chi connectivity index (χ3v) is 4.26. The van der Waals surface area contributed by atoms with Crippen LogP contribution >= 0.6 is 0 Å². The Labute approximate surface area is 142 Å². The van der Waals surface area contributed by atoms with E-state index in [1.54, 1.807) is 41.4 Å². The predicted molar refractivity (Wildman–Crippen MR) is 88.0 cm³/mol. The second kappa shape index (κ2) is 5.90. The quantitative estimate of drug-likeness (QED) is 0.673. The van der Waals surface area contributed by atoms with Gasteiger partial charge in [0.25, 0.3) is 5.91 Å². The van der Waals surface area contributed by atoms with Crippen LogP contribution in [0.5, 0.6) is 0 Å². The van der Waals surface area contributed by atoms with Crippen molar-refractivity contribution < 1.29 is 14.7 Å². The lowest BCUT2D eigenvalue weighted by Gasteiger charge is -2.25. The molecule has 1 amide bonds. The Morgan fingerprint density at radius 1 is 1.16 bits per heavy atom. The molecule has 0 saturated carbocycles. The molecule has 25 heavy (non-hydrogen) atoms. The molecule has 3 N–H and O–H groups in total. The minimum Gasteiger partial charge on any atom is -0.478 e. The number of fused-ring (bicyclic) bond motifs is 1. The van der Waals surface area contributed by atoms with Gasteiger partial charge in [-0.15, -0.1) is 0 Å². The van der Waals surface area contributed by atoms with Crippen molar-refractivity contribution in [2.45, 2.75) is 13.0 Å². The fourth-order valence-electron chi connectivity index (χ4n) is 2.92. The summed E-state index contributed by atoms with van der Waals surface area (Å²) in [6, 6.07) is 8.20. The van der Waals surface area contributed by atoms with Gasteiger partial charge < -0.3 is 15.0 Å². The lowest BCUT2D eigenvalue weighted by Crippen LogP contribution is -2.36. The number of imidazole rings is 1. The van der Waals surface area contributed by atoms with Crippen molar-refractivity contribution in [2.24, 2.45) is 0 Å². The monoisotopic (exact) mass is 337 g/mol. The van der Waals surface area contributed by atoms with Crippen LogP contribution in [0.1, 0.15) is 32.2 Å². The summed E-state index contributed by atoms with van der Waals surface area (Å²) < 4.78 is 0. The number of nitrogens with one attached hydrogen (secondary N) is 2. The Kier molecular flexibility index (Phi) is 3.57. The van der Waals surface area contributed by atoms with Crippen LogP contribution in [0.4, 0.5) is 0 Å². The van der Waals surface area contributed by atoms with Crippen molar-refractivity contribution in [3.05, 3.63) is 59.2 Å². The molecular formula is C17H15N5O3. The highest BCUT2D eigenvalue weighted by Gasteiger charge is 2.25. The molecule has 126 valence electrons. The van der Waals surface area contributed by atoms with Gasteiger partial charge in [-0.3, -0.25) is 9.89 Å². The molecule has 0 fully saturated rings. The third-order valence-electron chi connectivity index (χ3n) is 4.26. The largest absolute Gasteiger partial charge is 0.478 e. The molecule has 4 rings (SSSR count). The summed E-state index contributed by atoms with van der Waals surface area (Å²) in [5.41, 5.74) is 3.34. The molecule has 8 nitrogen and oxygen atoms in total. The number of rotatable bonds is 3. The van der Waals surface area contributed by atoms with Gasteiger partial charge in [-0.25, -0.2) is 9.78 Å². The number of aromatic amines is 2. The van der Waals surface area contributed by atoms with Crippen molar-refractivity contribution in [3.8, 4) is 11.4 Å². The van der Waals surface area contributed by atoms with Crippen LogP contribution in [0.2, 0.25) is 0 Å². The zero-order chi connectivity index (χ0) is 17.4. The number of carboxylic acids is 1. The number of nitrogens with zero attached hydrogens (tertiary/aromatic N) is 3. The first-order valence-electron chi connectivity index (χ1n) is 7.82. The van der Waals surface area contributed by atoms with Crippen molar-refractivity contribution in [3.63, 3.8) is 0 Å². The number of hydrogen-bond acceptors (Lipinski definition) is 4. The third kappa shape index (κ3) is 2.78. The molecule has 1 aliphatic rings. The average molecular weight is 337 g/mol. The van der Waals surface area contributed by atoms with E-state index in [1.165, 1.54) is 0 Å². The Morgan fingerprint density at radius 3 is 2.64 bits per heavy atom. The Bertz CT molecular complexity index is 928. The van der Waals surface area contributed by atoms with Crippen LogP contribution in [0.15, 0.2) is 36.5 Å². The van der Waals surface area contributed by atoms with Gasteiger partial charge >= 0.3 is 5.97 Å². The van der Waals surface area contributed by atoms with Gasteiger partial charge in [0.2, 0.25) is 0 Å². The van der Waals surface area contributed by atoms with Gasteiger partial charge in [-0.1, -0.05) is 12.1 Å². The first kappa shape index (κ1) is 15.1. The second-order valence-electron chi connectivity index (χ2n) is 5.84. The molecule has 8 heteroatoms. The number of aromatic nitrogens is 4. The average Bonchev–Trinajstić information content (AvgIpc) is 3.30. The van der Waals surface area contributed by atoms with E-state index in [1.807, 2.05) is 0 Å². The van der Waals surface area contributed by atoms with Crippen LogP contribution in [0, 0.1) is 0 Å². The number of benzene rings is 1. The van der Waals surface area contributed by atoms with Gasteiger partial charge in [0.05, 0.1) is 23.5 Å². The van der Waals surface area contributed by atoms with E-state index in [-0.39, 0.29) is 11.5 Å². The highest BCUT2D eigenvalue weighted by Crippen LogP contribution is 2.23. The second-order valence-corrected chi connectivity index (χ2v) is 5.84. The predicted octanol–water partition coefficient (Wildman–Crippen LogP) is 1.70. The summed E-state index contributed by atoms with van der Waals surface area (Å²) >= 11 is 0.